The Hall–Kier alpha value is -0.310. The molecule has 0 heterocycles. The van der Waals surface area contributed by atoms with E-state index in [1.54, 1.807) is 0 Å². The third-order valence-corrected chi connectivity index (χ3v) is 3.46. The predicted octanol–water partition coefficient (Wildman–Crippen LogP) is 2.69. The second-order valence-electron chi connectivity index (χ2n) is 4.77. The fourth-order valence-electron chi connectivity index (χ4n) is 2.19. The Balaban J connectivity index is 2.01. The van der Waals surface area contributed by atoms with Crippen LogP contribution in [0.1, 0.15) is 46.0 Å². The molecule has 1 aliphatic carbocycles. The van der Waals surface area contributed by atoms with E-state index >= 15 is 0 Å². The minimum atomic E-state index is 0.836. The Morgan fingerprint density at radius 2 is 2.13 bits per heavy atom. The molecular weight excluding hydrogens is 204 g/mol. The lowest BCUT2D eigenvalue weighted by molar-refractivity contribution is 0.505. The molecule has 0 aliphatic heterocycles. The van der Waals surface area contributed by atoms with Crippen molar-refractivity contribution in [1.82, 2.24) is 10.6 Å². The molecule has 1 rings (SSSR count). The van der Waals surface area contributed by atoms with Crippen molar-refractivity contribution < 1.29 is 0 Å². The minimum absolute atomic E-state index is 0.836. The van der Waals surface area contributed by atoms with Gasteiger partial charge in [0.25, 0.3) is 0 Å². The lowest BCUT2D eigenvalue weighted by Crippen LogP contribution is -2.38. The van der Waals surface area contributed by atoms with Crippen LogP contribution < -0.4 is 10.6 Å². The molecule has 0 bridgehead atoms. The van der Waals surface area contributed by atoms with E-state index in [1.165, 1.54) is 32.1 Å². The predicted molar refractivity (Wildman–Crippen MR) is 70.0 cm³/mol. The van der Waals surface area contributed by atoms with Gasteiger partial charge in [0, 0.05) is 13.1 Å². The van der Waals surface area contributed by atoms with Crippen molar-refractivity contribution in [3.63, 3.8) is 0 Å². The number of hydrogen-bond donors (Lipinski definition) is 2. The van der Waals surface area contributed by atoms with Gasteiger partial charge in [-0.1, -0.05) is 26.7 Å². The van der Waals surface area contributed by atoms with E-state index in [9.17, 15) is 0 Å². The summed E-state index contributed by atoms with van der Waals surface area (Å²) >= 11 is 5.21. The first-order chi connectivity index (χ1) is 7.22. The first-order valence-electron chi connectivity index (χ1n) is 6.24. The molecule has 0 aromatic rings. The topological polar surface area (TPSA) is 24.1 Å². The standard InChI is InChI=1S/C12H24N2S/c1-3-4-7-13-12(15)14-9-11-6-5-10(2)8-11/h10-11H,3-9H2,1-2H3,(H2,13,14,15). The van der Waals surface area contributed by atoms with E-state index in [1.807, 2.05) is 0 Å². The van der Waals surface area contributed by atoms with Crippen LogP contribution in [0.25, 0.3) is 0 Å². The highest BCUT2D eigenvalue weighted by atomic mass is 32.1. The fraction of sp³-hybridized carbons (Fsp3) is 0.917. The number of hydrogen-bond acceptors (Lipinski definition) is 1. The molecule has 3 heteroatoms. The molecule has 2 nitrogen and oxygen atoms in total. The maximum absolute atomic E-state index is 5.21. The van der Waals surface area contributed by atoms with Crippen LogP contribution >= 0.6 is 12.2 Å². The van der Waals surface area contributed by atoms with Gasteiger partial charge in [0.1, 0.15) is 0 Å². The zero-order valence-corrected chi connectivity index (χ0v) is 10.8. The van der Waals surface area contributed by atoms with Gasteiger partial charge in [0.15, 0.2) is 5.11 Å². The van der Waals surface area contributed by atoms with Crippen LogP contribution in [0.15, 0.2) is 0 Å². The average molecular weight is 228 g/mol. The fourth-order valence-corrected chi connectivity index (χ4v) is 2.37. The van der Waals surface area contributed by atoms with Gasteiger partial charge in [-0.15, -0.1) is 0 Å². The molecule has 1 saturated carbocycles. The second kappa shape index (κ2) is 7.04. The number of nitrogens with one attached hydrogen (secondary N) is 2. The smallest absolute Gasteiger partial charge is 0.166 e. The molecule has 0 aromatic carbocycles. The number of unbranched alkanes of at least 4 members (excludes halogenated alkanes) is 1. The zero-order chi connectivity index (χ0) is 11.1. The van der Waals surface area contributed by atoms with Crippen LogP contribution in [-0.4, -0.2) is 18.2 Å². The Kier molecular flexibility index (Phi) is 5.99. The van der Waals surface area contributed by atoms with Gasteiger partial charge in [-0.2, -0.15) is 0 Å². The van der Waals surface area contributed by atoms with E-state index in [2.05, 4.69) is 24.5 Å². The Labute approximate surface area is 99.2 Å². The van der Waals surface area contributed by atoms with E-state index in [-0.39, 0.29) is 0 Å². The van der Waals surface area contributed by atoms with Gasteiger partial charge < -0.3 is 10.6 Å². The Bertz CT molecular complexity index is 194. The van der Waals surface area contributed by atoms with Crippen LogP contribution in [0.5, 0.6) is 0 Å². The van der Waals surface area contributed by atoms with Crippen molar-refractivity contribution in [3.05, 3.63) is 0 Å². The van der Waals surface area contributed by atoms with Gasteiger partial charge in [0.2, 0.25) is 0 Å². The highest BCUT2D eigenvalue weighted by molar-refractivity contribution is 7.80. The van der Waals surface area contributed by atoms with Crippen molar-refractivity contribution in [2.45, 2.75) is 46.0 Å². The number of thiocarbonyl (C=S) groups is 1. The molecule has 15 heavy (non-hydrogen) atoms. The average Bonchev–Trinajstić information content (AvgIpc) is 2.62. The van der Waals surface area contributed by atoms with Crippen molar-refractivity contribution in [3.8, 4) is 0 Å². The molecule has 2 unspecified atom stereocenters. The zero-order valence-electron chi connectivity index (χ0n) is 10.0. The van der Waals surface area contributed by atoms with Gasteiger partial charge >= 0.3 is 0 Å². The lowest BCUT2D eigenvalue weighted by Gasteiger charge is -2.14. The summed E-state index contributed by atoms with van der Waals surface area (Å²) in [5.41, 5.74) is 0. The first-order valence-corrected chi connectivity index (χ1v) is 6.65. The third kappa shape index (κ3) is 5.36. The SMILES string of the molecule is CCCCNC(=S)NCC1CCC(C)C1. The van der Waals surface area contributed by atoms with Gasteiger partial charge in [-0.3, -0.25) is 0 Å². The summed E-state index contributed by atoms with van der Waals surface area (Å²) in [5.74, 6) is 1.75. The molecule has 2 N–H and O–H groups in total. The summed E-state index contributed by atoms with van der Waals surface area (Å²) in [6.45, 7) is 6.60. The monoisotopic (exact) mass is 228 g/mol. The quantitative estimate of drug-likeness (QED) is 0.559. The molecule has 0 spiro atoms. The Morgan fingerprint density at radius 3 is 2.73 bits per heavy atom. The summed E-state index contributed by atoms with van der Waals surface area (Å²) in [7, 11) is 0. The maximum atomic E-state index is 5.21. The van der Waals surface area contributed by atoms with Gasteiger partial charge in [-0.05, 0) is 43.3 Å². The van der Waals surface area contributed by atoms with Crippen molar-refractivity contribution >= 4 is 17.3 Å². The molecule has 0 saturated heterocycles. The second-order valence-corrected chi connectivity index (χ2v) is 5.18. The Morgan fingerprint density at radius 1 is 1.33 bits per heavy atom. The van der Waals surface area contributed by atoms with Crippen LogP contribution in [0.3, 0.4) is 0 Å². The van der Waals surface area contributed by atoms with Crippen LogP contribution in [0, 0.1) is 11.8 Å². The lowest BCUT2D eigenvalue weighted by atomic mass is 10.1. The van der Waals surface area contributed by atoms with Crippen molar-refractivity contribution in [1.29, 1.82) is 0 Å². The largest absolute Gasteiger partial charge is 0.363 e. The van der Waals surface area contributed by atoms with Crippen LogP contribution in [0.2, 0.25) is 0 Å². The molecule has 1 fully saturated rings. The molecule has 88 valence electrons. The van der Waals surface area contributed by atoms with E-state index < -0.39 is 0 Å². The van der Waals surface area contributed by atoms with Crippen molar-refractivity contribution in [2.75, 3.05) is 13.1 Å². The summed E-state index contributed by atoms with van der Waals surface area (Å²) in [5, 5.41) is 7.40. The van der Waals surface area contributed by atoms with Crippen LogP contribution in [0.4, 0.5) is 0 Å². The van der Waals surface area contributed by atoms with E-state index in [4.69, 9.17) is 12.2 Å². The molecule has 1 aliphatic rings. The van der Waals surface area contributed by atoms with Gasteiger partial charge in [-0.25, -0.2) is 0 Å². The van der Waals surface area contributed by atoms with Gasteiger partial charge in [0.05, 0.1) is 0 Å². The minimum Gasteiger partial charge on any atom is -0.363 e. The maximum Gasteiger partial charge on any atom is 0.166 e. The van der Waals surface area contributed by atoms with Crippen molar-refractivity contribution in [2.24, 2.45) is 11.8 Å². The number of rotatable bonds is 5. The highest BCUT2D eigenvalue weighted by Gasteiger charge is 2.20. The van der Waals surface area contributed by atoms with E-state index in [0.717, 1.165) is 30.0 Å². The molecular formula is C12H24N2S. The first kappa shape index (κ1) is 12.8. The van der Waals surface area contributed by atoms with E-state index in [0.29, 0.717) is 0 Å². The summed E-state index contributed by atoms with van der Waals surface area (Å²) in [4.78, 5) is 0. The highest BCUT2D eigenvalue weighted by Crippen LogP contribution is 2.29. The van der Waals surface area contributed by atoms with Crippen LogP contribution in [-0.2, 0) is 0 Å². The molecule has 0 aromatic heterocycles. The summed E-state index contributed by atoms with van der Waals surface area (Å²) in [6.07, 6.45) is 6.54. The summed E-state index contributed by atoms with van der Waals surface area (Å²) in [6, 6.07) is 0. The normalized spacial score (nSPS) is 25.2. The third-order valence-electron chi connectivity index (χ3n) is 3.17. The summed E-state index contributed by atoms with van der Waals surface area (Å²) < 4.78 is 0. The molecule has 0 amide bonds. The molecule has 2 atom stereocenters. The molecule has 0 radical (unpaired) electrons.